The summed E-state index contributed by atoms with van der Waals surface area (Å²) >= 11 is 1.15. The molecule has 4 aromatic rings. The van der Waals surface area contributed by atoms with E-state index >= 15 is 0 Å². The number of alkyl halides is 3. The van der Waals surface area contributed by atoms with E-state index in [1.807, 2.05) is 0 Å². The number of hydrogen-bond donors (Lipinski definition) is 3. The number of anilines is 2. The first-order valence-corrected chi connectivity index (χ1v) is 14.7. The van der Waals surface area contributed by atoms with E-state index in [0.29, 0.717) is 17.0 Å². The van der Waals surface area contributed by atoms with Crippen LogP contribution in [-0.2, 0) is 15.8 Å². The van der Waals surface area contributed by atoms with Crippen molar-refractivity contribution < 1.29 is 32.5 Å². The predicted molar refractivity (Wildman–Crippen MR) is 170 cm³/mol. The molecule has 1 atom stereocenters. The van der Waals surface area contributed by atoms with Gasteiger partial charge in [-0.15, -0.1) is 11.8 Å². The molecule has 0 aromatic heterocycles. The molecule has 1 unspecified atom stereocenters. The predicted octanol–water partition coefficient (Wildman–Crippen LogP) is 7.53. The molecule has 3 amide bonds. The normalized spacial score (nSPS) is 12.1. The highest BCUT2D eigenvalue weighted by atomic mass is 32.2. The largest absolute Gasteiger partial charge is 0.416 e. The van der Waals surface area contributed by atoms with Crippen molar-refractivity contribution >= 4 is 52.6 Å². The quantitative estimate of drug-likeness (QED) is 0.0667. The minimum atomic E-state index is -4.56. The van der Waals surface area contributed by atoms with Crippen molar-refractivity contribution in [2.45, 2.75) is 29.7 Å². The van der Waals surface area contributed by atoms with Gasteiger partial charge in [0.05, 0.1) is 21.3 Å². The van der Waals surface area contributed by atoms with Crippen molar-refractivity contribution in [3.63, 3.8) is 0 Å². The number of benzene rings is 4. The van der Waals surface area contributed by atoms with E-state index < -0.39 is 39.6 Å². The Hall–Kier alpha value is -5.43. The second kappa shape index (κ2) is 15.0. The number of nitrogens with one attached hydrogen (secondary N) is 3. The number of para-hydroxylation sites is 1. The molecular weight excluding hydrogens is 621 g/mol. The van der Waals surface area contributed by atoms with Gasteiger partial charge in [0.25, 0.3) is 17.5 Å². The Morgan fingerprint density at radius 2 is 1.52 bits per heavy atom. The number of rotatable bonds is 11. The van der Waals surface area contributed by atoms with Crippen LogP contribution in [0.2, 0.25) is 0 Å². The number of amides is 3. The van der Waals surface area contributed by atoms with Gasteiger partial charge in [0.1, 0.15) is 5.70 Å². The topological polar surface area (TPSA) is 130 Å². The van der Waals surface area contributed by atoms with Crippen molar-refractivity contribution in [2.24, 2.45) is 0 Å². The van der Waals surface area contributed by atoms with Gasteiger partial charge in [0.15, 0.2) is 0 Å². The minimum Gasteiger partial charge on any atom is -0.325 e. The van der Waals surface area contributed by atoms with E-state index in [9.17, 15) is 37.7 Å². The number of nitro benzene ring substituents is 1. The number of carbonyl (C=O) groups excluding carboxylic acids is 3. The Morgan fingerprint density at radius 3 is 2.20 bits per heavy atom. The smallest absolute Gasteiger partial charge is 0.325 e. The van der Waals surface area contributed by atoms with E-state index in [2.05, 4.69) is 16.0 Å². The molecule has 0 radical (unpaired) electrons. The van der Waals surface area contributed by atoms with Crippen LogP contribution in [-0.4, -0.2) is 27.9 Å². The molecule has 0 spiro atoms. The van der Waals surface area contributed by atoms with E-state index in [4.69, 9.17) is 0 Å². The maximum atomic E-state index is 13.4. The number of carbonyl (C=O) groups is 3. The standard InChI is InChI=1S/C33H27F3N4O5S/c1-2-29(32(43)38-24-14-8-13-23(19-24)33(34,35)36)46-26-16-9-15-25(20-26)37-31(42)27(39-30(41)21-10-4-3-5-11-21)18-22-12-6-7-17-28(22)40(44)45/h3-20,29H,2H2,1H3,(H,37,42)(H,38,43)(H,39,41)/b27-18+. The maximum Gasteiger partial charge on any atom is 0.416 e. The monoisotopic (exact) mass is 648 g/mol. The molecule has 0 fully saturated rings. The second-order valence-corrected chi connectivity index (χ2v) is 11.0. The summed E-state index contributed by atoms with van der Waals surface area (Å²) in [5, 5.41) is 18.6. The van der Waals surface area contributed by atoms with Crippen LogP contribution in [0, 0.1) is 10.1 Å². The van der Waals surface area contributed by atoms with Crippen molar-refractivity contribution in [3.05, 3.63) is 136 Å². The zero-order valence-electron chi connectivity index (χ0n) is 24.2. The first kappa shape index (κ1) is 33.5. The Kier molecular flexibility index (Phi) is 10.9. The van der Waals surface area contributed by atoms with Gasteiger partial charge < -0.3 is 16.0 Å². The highest BCUT2D eigenvalue weighted by Gasteiger charge is 2.30. The summed E-state index contributed by atoms with van der Waals surface area (Å²) in [6.07, 6.45) is -3.00. The SMILES string of the molecule is CCC(Sc1cccc(NC(=O)/C(=C\c2ccccc2[N+](=O)[O-])NC(=O)c2ccccc2)c1)C(=O)Nc1cccc(C(F)(F)F)c1. The molecule has 0 aliphatic carbocycles. The lowest BCUT2D eigenvalue weighted by atomic mass is 10.1. The Morgan fingerprint density at radius 1 is 0.870 bits per heavy atom. The van der Waals surface area contributed by atoms with Gasteiger partial charge in [-0.1, -0.05) is 49.4 Å². The number of hydrogen-bond acceptors (Lipinski definition) is 6. The van der Waals surface area contributed by atoms with Crippen LogP contribution in [0.3, 0.4) is 0 Å². The lowest BCUT2D eigenvalue weighted by Gasteiger charge is -2.16. The first-order valence-electron chi connectivity index (χ1n) is 13.8. The summed E-state index contributed by atoms with van der Waals surface area (Å²) in [4.78, 5) is 50.9. The molecule has 4 rings (SSSR count). The molecule has 0 saturated heterocycles. The van der Waals surface area contributed by atoms with Crippen molar-refractivity contribution in [1.82, 2.24) is 5.32 Å². The van der Waals surface area contributed by atoms with E-state index in [1.54, 1.807) is 67.6 Å². The molecule has 0 aliphatic rings. The number of nitro groups is 1. The molecule has 0 bridgehead atoms. The molecule has 9 nitrogen and oxygen atoms in total. The van der Waals surface area contributed by atoms with Crippen molar-refractivity contribution in [1.29, 1.82) is 0 Å². The zero-order chi connectivity index (χ0) is 33.3. The third-order valence-corrected chi connectivity index (χ3v) is 7.81. The first-order chi connectivity index (χ1) is 21.9. The molecule has 0 saturated carbocycles. The molecule has 3 N–H and O–H groups in total. The molecule has 236 valence electrons. The zero-order valence-corrected chi connectivity index (χ0v) is 25.0. The van der Waals surface area contributed by atoms with Crippen LogP contribution in [0.25, 0.3) is 6.08 Å². The minimum absolute atomic E-state index is 0.00964. The lowest BCUT2D eigenvalue weighted by molar-refractivity contribution is -0.385. The van der Waals surface area contributed by atoms with Crippen molar-refractivity contribution in [2.75, 3.05) is 10.6 Å². The van der Waals surface area contributed by atoms with Gasteiger partial charge in [-0.05, 0) is 67.1 Å². The van der Waals surface area contributed by atoms with Crippen LogP contribution in [0.5, 0.6) is 0 Å². The molecule has 0 heterocycles. The van der Waals surface area contributed by atoms with E-state index in [-0.39, 0.29) is 28.2 Å². The molecule has 46 heavy (non-hydrogen) atoms. The highest BCUT2D eigenvalue weighted by molar-refractivity contribution is 8.00. The van der Waals surface area contributed by atoms with Crippen LogP contribution in [0.15, 0.2) is 114 Å². The Labute approximate surface area is 266 Å². The summed E-state index contributed by atoms with van der Waals surface area (Å²) in [6, 6.07) is 24.7. The van der Waals surface area contributed by atoms with Gasteiger partial charge in [-0.2, -0.15) is 13.2 Å². The fourth-order valence-corrected chi connectivity index (χ4v) is 5.22. The maximum absolute atomic E-state index is 13.4. The van der Waals surface area contributed by atoms with Gasteiger partial charge in [-0.25, -0.2) is 0 Å². The van der Waals surface area contributed by atoms with E-state index in [0.717, 1.165) is 23.9 Å². The third kappa shape index (κ3) is 9.05. The van der Waals surface area contributed by atoms with Crippen LogP contribution < -0.4 is 16.0 Å². The Balaban J connectivity index is 1.53. The molecular formula is C33H27F3N4O5S. The Bertz CT molecular complexity index is 1780. The van der Waals surface area contributed by atoms with Gasteiger partial charge >= 0.3 is 6.18 Å². The summed E-state index contributed by atoms with van der Waals surface area (Å²) in [5.41, 5.74) is -0.753. The van der Waals surface area contributed by atoms with Crippen LogP contribution in [0.1, 0.15) is 34.8 Å². The summed E-state index contributed by atoms with van der Waals surface area (Å²) in [5.74, 6) is -1.87. The fourth-order valence-electron chi connectivity index (χ4n) is 4.20. The van der Waals surface area contributed by atoms with Crippen LogP contribution in [0.4, 0.5) is 30.2 Å². The fraction of sp³-hybridized carbons (Fsp3) is 0.121. The molecule has 4 aromatic carbocycles. The molecule has 0 aliphatic heterocycles. The average Bonchev–Trinajstić information content (AvgIpc) is 3.03. The van der Waals surface area contributed by atoms with Crippen molar-refractivity contribution in [3.8, 4) is 0 Å². The number of nitrogens with zero attached hydrogens (tertiary/aromatic N) is 1. The summed E-state index contributed by atoms with van der Waals surface area (Å²) in [6.45, 7) is 1.75. The third-order valence-electron chi connectivity index (χ3n) is 6.45. The van der Waals surface area contributed by atoms with E-state index in [1.165, 1.54) is 36.4 Å². The van der Waals surface area contributed by atoms with Gasteiger partial charge in [0.2, 0.25) is 5.91 Å². The molecule has 13 heteroatoms. The second-order valence-electron chi connectivity index (χ2n) is 9.76. The highest BCUT2D eigenvalue weighted by Crippen LogP contribution is 2.32. The van der Waals surface area contributed by atoms with Gasteiger partial charge in [-0.3, -0.25) is 24.5 Å². The summed E-state index contributed by atoms with van der Waals surface area (Å²) < 4.78 is 39.3. The van der Waals surface area contributed by atoms with Gasteiger partial charge in [0, 0.05) is 27.9 Å². The average molecular weight is 649 g/mol. The lowest BCUT2D eigenvalue weighted by Crippen LogP contribution is -2.30. The summed E-state index contributed by atoms with van der Waals surface area (Å²) in [7, 11) is 0. The van der Waals surface area contributed by atoms with Crippen LogP contribution >= 0.6 is 11.8 Å². The number of thioether (sulfide) groups is 1. The number of halogens is 3.